The van der Waals surface area contributed by atoms with Crippen molar-refractivity contribution in [2.45, 2.75) is 71.4 Å². The van der Waals surface area contributed by atoms with Crippen LogP contribution in [0.5, 0.6) is 0 Å². The molecule has 2 amide bonds. The van der Waals surface area contributed by atoms with Gasteiger partial charge in [0.05, 0.1) is 5.70 Å². The molecular formula is C29H38N4O3. The molecule has 2 aliphatic rings. The zero-order valence-corrected chi connectivity index (χ0v) is 21.5. The van der Waals surface area contributed by atoms with E-state index in [2.05, 4.69) is 22.5 Å². The second-order valence-electron chi connectivity index (χ2n) is 9.91. The Kier molecular flexibility index (Phi) is 8.18. The molecular weight excluding hydrogens is 452 g/mol. The number of nitrogens with one attached hydrogen (secondary N) is 2. The molecule has 0 spiro atoms. The van der Waals surface area contributed by atoms with Gasteiger partial charge in [0.15, 0.2) is 0 Å². The van der Waals surface area contributed by atoms with Crippen LogP contribution in [-0.2, 0) is 4.74 Å². The lowest BCUT2D eigenvalue weighted by atomic mass is 9.89. The van der Waals surface area contributed by atoms with Crippen LogP contribution in [-0.4, -0.2) is 30.7 Å². The zero-order chi connectivity index (χ0) is 25.7. The Morgan fingerprint density at radius 1 is 1.11 bits per heavy atom. The Balaban J connectivity index is 1.55. The highest BCUT2D eigenvalue weighted by atomic mass is 16.6. The van der Waals surface area contributed by atoms with Crippen molar-refractivity contribution in [3.63, 3.8) is 0 Å². The van der Waals surface area contributed by atoms with E-state index in [9.17, 15) is 9.59 Å². The van der Waals surface area contributed by atoms with Crippen LogP contribution in [0, 0.1) is 12.8 Å². The summed E-state index contributed by atoms with van der Waals surface area (Å²) >= 11 is 0. The summed E-state index contributed by atoms with van der Waals surface area (Å²) in [6, 6.07) is 13.8. The number of amides is 2. The summed E-state index contributed by atoms with van der Waals surface area (Å²) in [6.45, 7) is 6.69. The van der Waals surface area contributed by atoms with Crippen molar-refractivity contribution in [3.8, 4) is 0 Å². The lowest BCUT2D eigenvalue weighted by Crippen LogP contribution is -2.40. The first-order valence-electron chi connectivity index (χ1n) is 13.1. The fourth-order valence-corrected chi connectivity index (χ4v) is 4.54. The molecule has 0 radical (unpaired) electrons. The Morgan fingerprint density at radius 3 is 2.39 bits per heavy atom. The van der Waals surface area contributed by atoms with Gasteiger partial charge in [0.25, 0.3) is 5.91 Å². The molecule has 192 valence electrons. The molecule has 4 N–H and O–H groups in total. The number of hydrogen-bond donors (Lipinski definition) is 3. The average molecular weight is 491 g/mol. The van der Waals surface area contributed by atoms with Gasteiger partial charge in [-0.2, -0.15) is 0 Å². The number of ether oxygens (including phenoxy) is 1. The maximum atomic E-state index is 12.7. The molecule has 2 aromatic carbocycles. The molecule has 36 heavy (non-hydrogen) atoms. The number of carbonyl (C=O) groups is 2. The highest BCUT2D eigenvalue weighted by Crippen LogP contribution is 2.38. The van der Waals surface area contributed by atoms with Crippen molar-refractivity contribution in [2.24, 2.45) is 11.7 Å². The monoisotopic (exact) mass is 490 g/mol. The van der Waals surface area contributed by atoms with Crippen molar-refractivity contribution in [2.75, 3.05) is 16.8 Å². The van der Waals surface area contributed by atoms with E-state index < -0.39 is 6.09 Å². The van der Waals surface area contributed by atoms with Gasteiger partial charge in [0.1, 0.15) is 6.10 Å². The van der Waals surface area contributed by atoms with E-state index in [0.29, 0.717) is 29.8 Å². The van der Waals surface area contributed by atoms with Gasteiger partial charge >= 0.3 is 6.09 Å². The summed E-state index contributed by atoms with van der Waals surface area (Å²) in [5, 5.41) is 5.79. The molecule has 0 heterocycles. The summed E-state index contributed by atoms with van der Waals surface area (Å²) < 4.78 is 5.47. The minimum atomic E-state index is -0.429. The first-order valence-corrected chi connectivity index (χ1v) is 13.1. The molecule has 0 saturated heterocycles. The smallest absolute Gasteiger partial charge is 0.411 e. The van der Waals surface area contributed by atoms with Crippen molar-refractivity contribution < 1.29 is 14.3 Å². The molecule has 0 aromatic heterocycles. The summed E-state index contributed by atoms with van der Waals surface area (Å²) in [5.41, 5.74) is 11.4. The number of carbonyl (C=O) groups excluding carboxylic acids is 2. The van der Waals surface area contributed by atoms with E-state index in [-0.39, 0.29) is 12.0 Å². The Bertz CT molecular complexity index is 1100. The van der Waals surface area contributed by atoms with E-state index in [4.69, 9.17) is 10.5 Å². The van der Waals surface area contributed by atoms with Crippen LogP contribution in [0.15, 0.2) is 48.7 Å². The lowest BCUT2D eigenvalue weighted by molar-refractivity contribution is 0.0953. The Morgan fingerprint density at radius 2 is 1.81 bits per heavy atom. The van der Waals surface area contributed by atoms with Crippen molar-refractivity contribution in [1.29, 1.82) is 0 Å². The second-order valence-corrected chi connectivity index (χ2v) is 9.91. The SMILES string of the molecule is CCCNC(=O)c1ccc(C)c(N(/C(=C/N)c2ccc(NC(=O)O[C@H](C)C3CC3)cc2)C2CCC2)c1. The van der Waals surface area contributed by atoms with Crippen molar-refractivity contribution >= 4 is 29.1 Å². The van der Waals surface area contributed by atoms with Gasteiger partial charge in [-0.05, 0) is 93.7 Å². The average Bonchev–Trinajstić information content (AvgIpc) is 3.68. The number of rotatable bonds is 10. The third-order valence-corrected chi connectivity index (χ3v) is 7.13. The topological polar surface area (TPSA) is 96.7 Å². The standard InChI is InChI=1S/C29H38N4O3/c1-4-16-31-28(34)23-9-8-19(2)26(17-23)33(25-6-5-7-25)27(18-30)22-12-14-24(15-13-22)32-29(35)36-20(3)21-10-11-21/h8-9,12-15,17-18,20-21,25H,4-7,10-11,16,30H2,1-3H3,(H,31,34)(H,32,35)/b27-18+/t20-/m1/s1. The van der Waals surface area contributed by atoms with Crippen LogP contribution in [0.2, 0.25) is 0 Å². The lowest BCUT2D eigenvalue weighted by Gasteiger charge is -2.41. The minimum absolute atomic E-state index is 0.0601. The van der Waals surface area contributed by atoms with Crippen LogP contribution in [0.25, 0.3) is 5.70 Å². The summed E-state index contributed by atoms with van der Waals surface area (Å²) in [6.07, 6.45) is 7.58. The van der Waals surface area contributed by atoms with Crippen LogP contribution >= 0.6 is 0 Å². The molecule has 2 saturated carbocycles. The normalized spacial score (nSPS) is 16.6. The fourth-order valence-electron chi connectivity index (χ4n) is 4.54. The number of hydrogen-bond acceptors (Lipinski definition) is 5. The third kappa shape index (κ3) is 6.01. The second kappa shape index (κ2) is 11.5. The van der Waals surface area contributed by atoms with E-state index >= 15 is 0 Å². The van der Waals surface area contributed by atoms with Gasteiger partial charge in [-0.1, -0.05) is 25.1 Å². The van der Waals surface area contributed by atoms with Gasteiger partial charge in [0, 0.05) is 35.7 Å². The number of nitrogens with zero attached hydrogens (tertiary/aromatic N) is 1. The first-order chi connectivity index (χ1) is 17.4. The largest absolute Gasteiger partial charge is 0.446 e. The van der Waals surface area contributed by atoms with Crippen molar-refractivity contribution in [1.82, 2.24) is 5.32 Å². The van der Waals surface area contributed by atoms with Crippen LogP contribution in [0.3, 0.4) is 0 Å². The third-order valence-electron chi connectivity index (χ3n) is 7.13. The fraction of sp³-hybridized carbons (Fsp3) is 0.448. The van der Waals surface area contributed by atoms with Gasteiger partial charge in [-0.25, -0.2) is 4.79 Å². The molecule has 7 nitrogen and oxygen atoms in total. The molecule has 0 aliphatic heterocycles. The molecule has 4 rings (SSSR count). The molecule has 0 bridgehead atoms. The number of aryl methyl sites for hydroxylation is 1. The molecule has 2 aromatic rings. The first kappa shape index (κ1) is 25.6. The number of benzene rings is 2. The van der Waals surface area contributed by atoms with E-state index in [1.54, 1.807) is 6.20 Å². The van der Waals surface area contributed by atoms with Crippen LogP contribution < -0.4 is 21.3 Å². The maximum Gasteiger partial charge on any atom is 0.411 e. The predicted molar refractivity (Wildman–Crippen MR) is 145 cm³/mol. The predicted octanol–water partition coefficient (Wildman–Crippen LogP) is 5.80. The molecule has 0 unspecified atom stereocenters. The highest BCUT2D eigenvalue weighted by molar-refractivity contribution is 5.96. The van der Waals surface area contributed by atoms with E-state index in [1.807, 2.05) is 56.3 Å². The highest BCUT2D eigenvalue weighted by Gasteiger charge is 2.31. The Labute approximate surface area is 214 Å². The maximum absolute atomic E-state index is 12.7. The number of nitrogens with two attached hydrogens (primary N) is 1. The molecule has 7 heteroatoms. The van der Waals surface area contributed by atoms with Crippen LogP contribution in [0.1, 0.15) is 73.9 Å². The summed E-state index contributed by atoms with van der Waals surface area (Å²) in [4.78, 5) is 27.2. The van der Waals surface area contributed by atoms with E-state index in [0.717, 1.165) is 54.6 Å². The van der Waals surface area contributed by atoms with Gasteiger partial charge in [0.2, 0.25) is 0 Å². The van der Waals surface area contributed by atoms with E-state index in [1.165, 1.54) is 6.42 Å². The number of anilines is 2. The molecule has 2 aliphatic carbocycles. The molecule has 2 fully saturated rings. The summed E-state index contributed by atoms with van der Waals surface area (Å²) in [7, 11) is 0. The quantitative estimate of drug-likeness (QED) is 0.391. The van der Waals surface area contributed by atoms with Gasteiger partial charge in [-0.3, -0.25) is 10.1 Å². The van der Waals surface area contributed by atoms with Crippen LogP contribution in [0.4, 0.5) is 16.2 Å². The van der Waals surface area contributed by atoms with Crippen molar-refractivity contribution in [3.05, 3.63) is 65.4 Å². The van der Waals surface area contributed by atoms with Gasteiger partial charge in [-0.15, -0.1) is 0 Å². The Hall–Kier alpha value is -3.48. The summed E-state index contributed by atoms with van der Waals surface area (Å²) in [5.74, 6) is 0.427. The minimum Gasteiger partial charge on any atom is -0.446 e. The molecule has 1 atom stereocenters. The zero-order valence-electron chi connectivity index (χ0n) is 21.5. The van der Waals surface area contributed by atoms with Gasteiger partial charge < -0.3 is 20.7 Å².